The summed E-state index contributed by atoms with van der Waals surface area (Å²) in [6.45, 7) is 0. The van der Waals surface area contributed by atoms with Crippen molar-refractivity contribution >= 4 is 49.8 Å². The molecule has 0 fully saturated rings. The summed E-state index contributed by atoms with van der Waals surface area (Å²) in [6, 6.07) is 74.2. The van der Waals surface area contributed by atoms with Gasteiger partial charge in [-0.3, -0.25) is 0 Å². The molecule has 0 aliphatic carbocycles. The monoisotopic (exact) mass is 677 g/mol. The van der Waals surface area contributed by atoms with Crippen LogP contribution in [0.15, 0.2) is 212 Å². The SMILES string of the molecule is c1ccc(-c2ccc(N(c3ccc(-c4ccccc4)cc3)c3ccc4c(c3)c3cc5c(ccn5-c5ccccc5)cc3n4-c3ccccc3)cc2)cc1. The molecule has 2 heterocycles. The van der Waals surface area contributed by atoms with Crippen LogP contribution in [0, 0.1) is 0 Å². The fourth-order valence-corrected chi connectivity index (χ4v) is 7.76. The molecule has 0 N–H and O–H groups in total. The van der Waals surface area contributed by atoms with Gasteiger partial charge in [0.25, 0.3) is 0 Å². The summed E-state index contributed by atoms with van der Waals surface area (Å²) in [5.41, 5.74) is 14.0. The lowest BCUT2D eigenvalue weighted by Gasteiger charge is -2.26. The number of anilines is 3. The molecule has 0 aliphatic rings. The van der Waals surface area contributed by atoms with E-state index in [0.29, 0.717) is 0 Å². The lowest BCUT2D eigenvalue weighted by Crippen LogP contribution is -2.10. The fourth-order valence-electron chi connectivity index (χ4n) is 7.76. The van der Waals surface area contributed by atoms with Gasteiger partial charge in [-0.1, -0.05) is 121 Å². The van der Waals surface area contributed by atoms with Crippen LogP contribution in [0.5, 0.6) is 0 Å². The molecule has 0 spiro atoms. The number of nitrogens with zero attached hydrogens (tertiary/aromatic N) is 3. The maximum atomic E-state index is 2.40. The Balaban J connectivity index is 1.18. The summed E-state index contributed by atoms with van der Waals surface area (Å²) in [7, 11) is 0. The summed E-state index contributed by atoms with van der Waals surface area (Å²) in [6.07, 6.45) is 2.18. The normalized spacial score (nSPS) is 11.4. The van der Waals surface area contributed by atoms with Crippen LogP contribution >= 0.6 is 0 Å². The smallest absolute Gasteiger partial charge is 0.0548 e. The van der Waals surface area contributed by atoms with E-state index >= 15 is 0 Å². The van der Waals surface area contributed by atoms with Crippen molar-refractivity contribution in [1.29, 1.82) is 0 Å². The minimum absolute atomic E-state index is 1.10. The summed E-state index contributed by atoms with van der Waals surface area (Å²) in [5, 5.41) is 3.63. The number of hydrogen-bond acceptors (Lipinski definition) is 1. The first kappa shape index (κ1) is 30.7. The predicted molar refractivity (Wildman–Crippen MR) is 223 cm³/mol. The molecule has 0 saturated carbocycles. The van der Waals surface area contributed by atoms with Gasteiger partial charge in [0.1, 0.15) is 0 Å². The first-order chi connectivity index (χ1) is 26.3. The second kappa shape index (κ2) is 12.9. The number of para-hydroxylation sites is 2. The molecule has 0 saturated heterocycles. The van der Waals surface area contributed by atoms with Crippen LogP contribution in [0.2, 0.25) is 0 Å². The van der Waals surface area contributed by atoms with Gasteiger partial charge >= 0.3 is 0 Å². The van der Waals surface area contributed by atoms with Crippen molar-refractivity contribution in [2.24, 2.45) is 0 Å². The van der Waals surface area contributed by atoms with E-state index < -0.39 is 0 Å². The third kappa shape index (κ3) is 5.47. The second-order valence-electron chi connectivity index (χ2n) is 13.5. The largest absolute Gasteiger partial charge is 0.317 e. The molecule has 0 aliphatic heterocycles. The average molecular weight is 678 g/mol. The van der Waals surface area contributed by atoms with E-state index in [4.69, 9.17) is 0 Å². The van der Waals surface area contributed by atoms with Crippen LogP contribution in [0.4, 0.5) is 17.1 Å². The van der Waals surface area contributed by atoms with Crippen molar-refractivity contribution in [2.75, 3.05) is 4.90 Å². The Labute approximate surface area is 308 Å². The molecule has 8 aromatic carbocycles. The van der Waals surface area contributed by atoms with Crippen molar-refractivity contribution < 1.29 is 0 Å². The molecule has 0 radical (unpaired) electrons. The Hall–Kier alpha value is -7.10. The van der Waals surface area contributed by atoms with Crippen molar-refractivity contribution in [3.05, 3.63) is 212 Å². The second-order valence-corrected chi connectivity index (χ2v) is 13.5. The highest BCUT2D eigenvalue weighted by atomic mass is 15.1. The Kier molecular flexibility index (Phi) is 7.47. The Morgan fingerprint density at radius 2 is 0.792 bits per heavy atom. The Morgan fingerprint density at radius 1 is 0.321 bits per heavy atom. The van der Waals surface area contributed by atoms with Crippen LogP contribution < -0.4 is 4.90 Å². The molecular formula is C50H35N3. The first-order valence-corrected chi connectivity index (χ1v) is 18.1. The molecule has 3 heteroatoms. The lowest BCUT2D eigenvalue weighted by atomic mass is 10.0. The molecular weight excluding hydrogens is 643 g/mol. The van der Waals surface area contributed by atoms with E-state index in [1.807, 2.05) is 0 Å². The van der Waals surface area contributed by atoms with Gasteiger partial charge in [-0.15, -0.1) is 0 Å². The van der Waals surface area contributed by atoms with E-state index in [-0.39, 0.29) is 0 Å². The minimum Gasteiger partial charge on any atom is -0.317 e. The zero-order valence-corrected chi connectivity index (χ0v) is 29.0. The molecule has 0 unspecified atom stereocenters. The van der Waals surface area contributed by atoms with Gasteiger partial charge in [-0.05, 0) is 107 Å². The van der Waals surface area contributed by atoms with Crippen LogP contribution in [-0.2, 0) is 0 Å². The van der Waals surface area contributed by atoms with Gasteiger partial charge in [0.05, 0.1) is 16.6 Å². The number of fused-ring (bicyclic) bond motifs is 4. The molecule has 0 amide bonds. The van der Waals surface area contributed by atoms with Crippen LogP contribution in [0.3, 0.4) is 0 Å². The van der Waals surface area contributed by atoms with Crippen LogP contribution in [0.25, 0.3) is 66.3 Å². The summed E-state index contributed by atoms with van der Waals surface area (Å²) in [5.74, 6) is 0. The zero-order valence-electron chi connectivity index (χ0n) is 29.0. The molecule has 3 nitrogen and oxygen atoms in total. The summed E-state index contributed by atoms with van der Waals surface area (Å²) in [4.78, 5) is 2.37. The summed E-state index contributed by atoms with van der Waals surface area (Å²) < 4.78 is 4.70. The highest BCUT2D eigenvalue weighted by Crippen LogP contribution is 2.42. The topological polar surface area (TPSA) is 13.1 Å². The maximum Gasteiger partial charge on any atom is 0.0548 e. The minimum atomic E-state index is 1.10. The average Bonchev–Trinajstić information content (AvgIpc) is 3.80. The molecule has 2 aromatic heterocycles. The van der Waals surface area contributed by atoms with E-state index in [2.05, 4.69) is 226 Å². The van der Waals surface area contributed by atoms with Crippen molar-refractivity contribution in [3.63, 3.8) is 0 Å². The molecule has 53 heavy (non-hydrogen) atoms. The van der Waals surface area contributed by atoms with E-state index in [0.717, 1.165) is 28.4 Å². The molecule has 10 aromatic rings. The quantitative estimate of drug-likeness (QED) is 0.164. The zero-order chi connectivity index (χ0) is 35.1. The molecule has 250 valence electrons. The van der Waals surface area contributed by atoms with Crippen molar-refractivity contribution in [1.82, 2.24) is 9.13 Å². The number of aromatic nitrogens is 2. The Morgan fingerprint density at radius 3 is 1.36 bits per heavy atom. The fraction of sp³-hybridized carbons (Fsp3) is 0. The van der Waals surface area contributed by atoms with Crippen molar-refractivity contribution in [2.45, 2.75) is 0 Å². The standard InChI is InChI=1S/C50H35N3/c1-5-13-36(14-6-1)38-21-25-43(26-22-38)52(44-27-23-39(24-28-44)37-15-7-2-8-16-37)45-29-30-48-46(34-45)47-35-49-40(31-32-51(49)41-17-9-3-10-18-41)33-50(47)53(48)42-19-11-4-12-20-42/h1-35H. The maximum absolute atomic E-state index is 2.40. The first-order valence-electron chi connectivity index (χ1n) is 18.1. The van der Waals surface area contributed by atoms with Gasteiger partial charge in [0.2, 0.25) is 0 Å². The van der Waals surface area contributed by atoms with Crippen LogP contribution in [0.1, 0.15) is 0 Å². The van der Waals surface area contributed by atoms with E-state index in [9.17, 15) is 0 Å². The van der Waals surface area contributed by atoms with Crippen molar-refractivity contribution in [3.8, 4) is 33.6 Å². The molecule has 0 bridgehead atoms. The van der Waals surface area contributed by atoms with Gasteiger partial charge in [0, 0.05) is 50.8 Å². The number of rotatable bonds is 7. The lowest BCUT2D eigenvalue weighted by molar-refractivity contribution is 1.13. The van der Waals surface area contributed by atoms with E-state index in [1.165, 1.54) is 55.0 Å². The van der Waals surface area contributed by atoms with Gasteiger partial charge in [-0.2, -0.15) is 0 Å². The number of hydrogen-bond donors (Lipinski definition) is 0. The highest BCUT2D eigenvalue weighted by molar-refractivity contribution is 6.14. The van der Waals surface area contributed by atoms with Gasteiger partial charge in [0.15, 0.2) is 0 Å². The Bertz CT molecular complexity index is 2750. The third-order valence-electron chi connectivity index (χ3n) is 10.3. The highest BCUT2D eigenvalue weighted by Gasteiger charge is 2.19. The number of benzene rings is 8. The predicted octanol–water partition coefficient (Wildman–Crippen LogP) is 13.5. The van der Waals surface area contributed by atoms with Gasteiger partial charge in [-0.25, -0.2) is 0 Å². The van der Waals surface area contributed by atoms with E-state index in [1.54, 1.807) is 0 Å². The summed E-state index contributed by atoms with van der Waals surface area (Å²) >= 11 is 0. The molecule has 0 atom stereocenters. The van der Waals surface area contributed by atoms with Gasteiger partial charge < -0.3 is 14.0 Å². The molecule has 10 rings (SSSR count). The van der Waals surface area contributed by atoms with Crippen LogP contribution in [-0.4, -0.2) is 9.13 Å². The third-order valence-corrected chi connectivity index (χ3v) is 10.3.